The molecule has 136 valence electrons. The van der Waals surface area contributed by atoms with Crippen LogP contribution >= 0.6 is 23.2 Å². The fourth-order valence-corrected chi connectivity index (χ4v) is 2.57. The van der Waals surface area contributed by atoms with E-state index in [4.69, 9.17) is 27.9 Å². The molecule has 26 heavy (non-hydrogen) atoms. The molecule has 0 fully saturated rings. The van der Waals surface area contributed by atoms with Gasteiger partial charge in [0.05, 0.1) is 22.1 Å². The van der Waals surface area contributed by atoms with Crippen LogP contribution in [0.4, 0.5) is 11.4 Å². The molecule has 0 bridgehead atoms. The second-order valence-electron chi connectivity index (χ2n) is 5.31. The fraction of sp³-hybridized carbons (Fsp3) is 0.176. The zero-order chi connectivity index (χ0) is 19.3. The number of nitro benzene ring substituents is 1. The number of esters is 1. The smallest absolute Gasteiger partial charge is 0.311 e. The van der Waals surface area contributed by atoms with Crippen molar-refractivity contribution in [2.24, 2.45) is 0 Å². The fourth-order valence-electron chi connectivity index (χ4n) is 2.11. The maximum atomic E-state index is 12.1. The molecule has 7 nitrogen and oxygen atoms in total. The second kappa shape index (κ2) is 8.64. The number of carbonyl (C=O) groups is 2. The van der Waals surface area contributed by atoms with E-state index in [2.05, 4.69) is 5.32 Å². The van der Waals surface area contributed by atoms with Crippen LogP contribution in [0.25, 0.3) is 0 Å². The Labute approximate surface area is 159 Å². The first-order valence-electron chi connectivity index (χ1n) is 7.45. The number of ether oxygens (including phenoxy) is 1. The third kappa shape index (κ3) is 5.18. The summed E-state index contributed by atoms with van der Waals surface area (Å²) >= 11 is 11.8. The number of para-hydroxylation sites is 1. The van der Waals surface area contributed by atoms with E-state index in [9.17, 15) is 19.7 Å². The van der Waals surface area contributed by atoms with Gasteiger partial charge in [0.15, 0.2) is 6.10 Å². The highest BCUT2D eigenvalue weighted by Crippen LogP contribution is 2.25. The number of nitrogens with zero attached hydrogens (tertiary/aromatic N) is 1. The molecule has 1 amide bonds. The third-order valence-electron chi connectivity index (χ3n) is 3.39. The Hall–Kier alpha value is -2.64. The molecule has 1 N–H and O–H groups in total. The van der Waals surface area contributed by atoms with Gasteiger partial charge in [-0.2, -0.15) is 0 Å². The van der Waals surface area contributed by atoms with Gasteiger partial charge in [0.1, 0.15) is 0 Å². The van der Waals surface area contributed by atoms with Gasteiger partial charge in [-0.05, 0) is 25.1 Å². The number of hydrogen-bond donors (Lipinski definition) is 1. The molecular formula is C17H14Cl2N2O5. The molecule has 1 atom stereocenters. The van der Waals surface area contributed by atoms with Gasteiger partial charge in [0, 0.05) is 16.7 Å². The van der Waals surface area contributed by atoms with Gasteiger partial charge < -0.3 is 10.1 Å². The van der Waals surface area contributed by atoms with Gasteiger partial charge in [-0.15, -0.1) is 0 Å². The molecule has 0 saturated heterocycles. The average Bonchev–Trinajstić information content (AvgIpc) is 2.57. The molecule has 0 aliphatic heterocycles. The Kier molecular flexibility index (Phi) is 6.54. The zero-order valence-electron chi connectivity index (χ0n) is 13.6. The van der Waals surface area contributed by atoms with Crippen molar-refractivity contribution in [3.8, 4) is 0 Å². The maximum Gasteiger partial charge on any atom is 0.311 e. The number of amides is 1. The van der Waals surface area contributed by atoms with Crippen molar-refractivity contribution in [3.05, 3.63) is 68.2 Å². The molecule has 0 heterocycles. The number of hydrogen-bond acceptors (Lipinski definition) is 5. The summed E-state index contributed by atoms with van der Waals surface area (Å²) in [5.41, 5.74) is 0.341. The van der Waals surface area contributed by atoms with Crippen LogP contribution < -0.4 is 5.32 Å². The first kappa shape index (κ1) is 19.7. The highest BCUT2D eigenvalue weighted by Gasteiger charge is 2.21. The summed E-state index contributed by atoms with van der Waals surface area (Å²) < 4.78 is 5.04. The summed E-state index contributed by atoms with van der Waals surface area (Å²) in [6.07, 6.45) is -1.44. The number of carbonyl (C=O) groups excluding carboxylic acids is 2. The Morgan fingerprint density at radius 2 is 1.92 bits per heavy atom. The highest BCUT2D eigenvalue weighted by atomic mass is 35.5. The van der Waals surface area contributed by atoms with Gasteiger partial charge in [-0.1, -0.05) is 41.4 Å². The van der Waals surface area contributed by atoms with Gasteiger partial charge in [-0.25, -0.2) is 0 Å². The predicted molar refractivity (Wildman–Crippen MR) is 97.4 cm³/mol. The van der Waals surface area contributed by atoms with E-state index < -0.39 is 22.9 Å². The quantitative estimate of drug-likeness (QED) is 0.451. The first-order valence-corrected chi connectivity index (χ1v) is 8.21. The van der Waals surface area contributed by atoms with Crippen LogP contribution in [0.15, 0.2) is 42.5 Å². The van der Waals surface area contributed by atoms with Gasteiger partial charge >= 0.3 is 5.97 Å². The van der Waals surface area contributed by atoms with Crippen molar-refractivity contribution in [3.63, 3.8) is 0 Å². The summed E-state index contributed by atoms with van der Waals surface area (Å²) in [5.74, 6) is -1.35. The Morgan fingerprint density at radius 1 is 1.23 bits per heavy atom. The summed E-state index contributed by atoms with van der Waals surface area (Å²) in [6, 6.07) is 10.4. The van der Waals surface area contributed by atoms with E-state index in [0.29, 0.717) is 10.7 Å². The van der Waals surface area contributed by atoms with Crippen molar-refractivity contribution >= 4 is 46.5 Å². The molecule has 0 aliphatic carbocycles. The van der Waals surface area contributed by atoms with E-state index in [-0.39, 0.29) is 22.7 Å². The lowest BCUT2D eigenvalue weighted by Crippen LogP contribution is -2.30. The third-order valence-corrected chi connectivity index (χ3v) is 3.94. The van der Waals surface area contributed by atoms with Crippen LogP contribution in [-0.4, -0.2) is 22.9 Å². The van der Waals surface area contributed by atoms with E-state index in [1.807, 2.05) is 0 Å². The van der Waals surface area contributed by atoms with Crippen LogP contribution in [-0.2, 0) is 20.7 Å². The first-order chi connectivity index (χ1) is 12.3. The van der Waals surface area contributed by atoms with Gasteiger partial charge in [0.2, 0.25) is 0 Å². The van der Waals surface area contributed by atoms with Crippen molar-refractivity contribution < 1.29 is 19.2 Å². The zero-order valence-corrected chi connectivity index (χ0v) is 15.1. The molecule has 2 rings (SSSR count). The number of anilines is 1. The van der Waals surface area contributed by atoms with E-state index in [1.165, 1.54) is 37.3 Å². The van der Waals surface area contributed by atoms with Crippen LogP contribution in [0.5, 0.6) is 0 Å². The highest BCUT2D eigenvalue weighted by molar-refractivity contribution is 6.36. The number of nitro groups is 1. The lowest BCUT2D eigenvalue weighted by molar-refractivity contribution is -0.385. The molecule has 0 saturated carbocycles. The Bertz CT molecular complexity index is 857. The molecule has 0 spiro atoms. The lowest BCUT2D eigenvalue weighted by atomic mass is 10.1. The normalized spacial score (nSPS) is 11.5. The van der Waals surface area contributed by atoms with Crippen molar-refractivity contribution in [1.29, 1.82) is 0 Å². The number of halogens is 2. The Morgan fingerprint density at radius 3 is 2.58 bits per heavy atom. The standard InChI is InChI=1S/C17H14Cl2N2O5/c1-10(17(23)20-14-7-6-12(18)9-13(14)19)26-16(22)8-11-4-2-3-5-15(11)21(24)25/h2-7,9-10H,8H2,1H3,(H,20,23). The molecule has 1 unspecified atom stereocenters. The van der Waals surface area contributed by atoms with E-state index in [1.54, 1.807) is 12.1 Å². The monoisotopic (exact) mass is 396 g/mol. The maximum absolute atomic E-state index is 12.1. The summed E-state index contributed by atoms with van der Waals surface area (Å²) in [4.78, 5) is 34.5. The van der Waals surface area contributed by atoms with Crippen molar-refractivity contribution in [2.75, 3.05) is 5.32 Å². The second-order valence-corrected chi connectivity index (χ2v) is 6.15. The van der Waals surface area contributed by atoms with E-state index >= 15 is 0 Å². The van der Waals surface area contributed by atoms with Gasteiger partial charge in [0.25, 0.3) is 11.6 Å². The Balaban J connectivity index is 1.98. The SMILES string of the molecule is CC(OC(=O)Cc1ccccc1[N+](=O)[O-])C(=O)Nc1ccc(Cl)cc1Cl. The molecule has 0 aliphatic rings. The predicted octanol–water partition coefficient (Wildman–Crippen LogP) is 4.01. The average molecular weight is 397 g/mol. The van der Waals surface area contributed by atoms with Crippen LogP contribution in [0.2, 0.25) is 10.0 Å². The minimum absolute atomic E-state index is 0.186. The van der Waals surface area contributed by atoms with Crippen LogP contribution in [0.1, 0.15) is 12.5 Å². The molecule has 2 aromatic carbocycles. The van der Waals surface area contributed by atoms with Crippen LogP contribution in [0.3, 0.4) is 0 Å². The number of benzene rings is 2. The summed E-state index contributed by atoms with van der Waals surface area (Å²) in [5, 5.41) is 14.1. The minimum atomic E-state index is -1.11. The number of rotatable bonds is 6. The van der Waals surface area contributed by atoms with Crippen molar-refractivity contribution in [1.82, 2.24) is 0 Å². The lowest BCUT2D eigenvalue weighted by Gasteiger charge is -2.14. The largest absolute Gasteiger partial charge is 0.452 e. The molecular weight excluding hydrogens is 383 g/mol. The topological polar surface area (TPSA) is 98.5 Å². The minimum Gasteiger partial charge on any atom is -0.452 e. The number of nitrogens with one attached hydrogen (secondary N) is 1. The van der Waals surface area contributed by atoms with Crippen molar-refractivity contribution in [2.45, 2.75) is 19.4 Å². The summed E-state index contributed by atoms with van der Waals surface area (Å²) in [6.45, 7) is 1.39. The van der Waals surface area contributed by atoms with Gasteiger partial charge in [-0.3, -0.25) is 19.7 Å². The molecule has 0 aromatic heterocycles. The molecule has 0 radical (unpaired) electrons. The molecule has 9 heteroatoms. The molecule has 2 aromatic rings. The van der Waals surface area contributed by atoms with Crippen LogP contribution in [0, 0.1) is 10.1 Å². The summed E-state index contributed by atoms with van der Waals surface area (Å²) in [7, 11) is 0. The van der Waals surface area contributed by atoms with E-state index in [0.717, 1.165) is 0 Å².